The Bertz CT molecular complexity index is 238. The highest BCUT2D eigenvalue weighted by Crippen LogP contribution is 2.16. The topological polar surface area (TPSA) is 41.8 Å². The van der Waals surface area contributed by atoms with Crippen LogP contribution in [0.3, 0.4) is 0 Å². The van der Waals surface area contributed by atoms with Gasteiger partial charge in [-0.15, -0.1) is 0 Å². The number of carbonyl (C=O) groups is 1. The van der Waals surface area contributed by atoms with Crippen LogP contribution in [0.5, 0.6) is 0 Å². The normalized spacial score (nSPS) is 16.7. The molecule has 0 spiro atoms. The van der Waals surface area contributed by atoms with Gasteiger partial charge in [0.05, 0.1) is 12.1 Å². The van der Waals surface area contributed by atoms with Crippen LogP contribution in [-0.2, 0) is 4.79 Å². The maximum Gasteiger partial charge on any atom is 0.222 e. The molecule has 0 aliphatic heterocycles. The summed E-state index contributed by atoms with van der Waals surface area (Å²) in [5.41, 5.74) is -0.145. The van der Waals surface area contributed by atoms with Crippen LogP contribution in [0, 0.1) is 5.92 Å². The predicted molar refractivity (Wildman–Crippen MR) is 66.9 cm³/mol. The van der Waals surface area contributed by atoms with E-state index in [2.05, 4.69) is 22.9 Å². The lowest BCUT2D eigenvalue weighted by Crippen LogP contribution is -2.17. The minimum absolute atomic E-state index is 0.0473. The molecule has 1 unspecified atom stereocenters. The van der Waals surface area contributed by atoms with E-state index in [0.29, 0.717) is 6.54 Å². The molecule has 0 aliphatic rings. The summed E-state index contributed by atoms with van der Waals surface area (Å²) >= 11 is 9.58. The molecule has 0 aromatic heterocycles. The molecule has 0 saturated carbocycles. The minimum atomic E-state index is -0.352. The lowest BCUT2D eigenvalue weighted by Gasteiger charge is -2.15. The van der Waals surface area contributed by atoms with Crippen molar-refractivity contribution >= 4 is 29.5 Å². The van der Waals surface area contributed by atoms with E-state index in [1.54, 1.807) is 0 Å². The summed E-state index contributed by atoms with van der Waals surface area (Å²) in [6, 6.07) is 0. The van der Waals surface area contributed by atoms with Crippen molar-refractivity contribution in [3.8, 4) is 0 Å². The fraction of sp³-hybridized carbons (Fsp3) is 0.900. The number of nitrogens with zero attached hydrogens (tertiary/aromatic N) is 2. The van der Waals surface area contributed by atoms with Gasteiger partial charge in [0.25, 0.3) is 0 Å². The lowest BCUT2D eigenvalue weighted by atomic mass is 10.1. The number of hydrogen-bond acceptors (Lipinski definition) is 4. The molecular formula is C10H19ClN2OS. The molecule has 0 aromatic carbocycles. The zero-order chi connectivity index (χ0) is 12.1. The summed E-state index contributed by atoms with van der Waals surface area (Å²) in [6.45, 7) is 8.53. The van der Waals surface area contributed by atoms with Gasteiger partial charge in [-0.2, -0.15) is 22.9 Å². The third-order valence-electron chi connectivity index (χ3n) is 1.77. The first-order valence-corrected chi connectivity index (χ1v) is 5.87. The Kier molecular flexibility index (Phi) is 6.44. The number of hydrogen-bond donors (Lipinski definition) is 1. The van der Waals surface area contributed by atoms with Crippen molar-refractivity contribution in [2.24, 2.45) is 16.1 Å². The molecule has 2 atom stereocenters. The van der Waals surface area contributed by atoms with Gasteiger partial charge < -0.3 is 0 Å². The van der Waals surface area contributed by atoms with Gasteiger partial charge in [0, 0.05) is 11.7 Å². The molecule has 0 saturated heterocycles. The Morgan fingerprint density at radius 3 is 2.40 bits per heavy atom. The third kappa shape index (κ3) is 8.88. The first-order valence-electron chi connectivity index (χ1n) is 4.97. The van der Waals surface area contributed by atoms with Crippen molar-refractivity contribution in [1.29, 1.82) is 0 Å². The number of carbonyl (C=O) groups excluding carboxylic acids is 1. The standard InChI is InChI=1S/C10H19ClN2OS/c1-7(8(15)5-9(11)14)6-12-13-10(2,3)4/h7-8,15H,5-6H2,1-4H3/t7-,8?/m0/s1. The highest BCUT2D eigenvalue weighted by atomic mass is 35.5. The fourth-order valence-corrected chi connectivity index (χ4v) is 1.40. The highest BCUT2D eigenvalue weighted by molar-refractivity contribution is 7.81. The van der Waals surface area contributed by atoms with E-state index in [1.165, 1.54) is 0 Å². The first kappa shape index (κ1) is 14.9. The zero-order valence-corrected chi connectivity index (χ0v) is 11.3. The van der Waals surface area contributed by atoms with Crippen molar-refractivity contribution in [2.45, 2.75) is 44.9 Å². The molecule has 88 valence electrons. The maximum atomic E-state index is 10.7. The van der Waals surface area contributed by atoms with Crippen LogP contribution in [0.25, 0.3) is 0 Å². The van der Waals surface area contributed by atoms with Crippen LogP contribution in [-0.4, -0.2) is 22.6 Å². The largest absolute Gasteiger partial charge is 0.281 e. The third-order valence-corrected chi connectivity index (χ3v) is 2.61. The second-order valence-electron chi connectivity index (χ2n) is 4.70. The Hall–Kier alpha value is -0.0900. The zero-order valence-electron chi connectivity index (χ0n) is 9.70. The second-order valence-corrected chi connectivity index (χ2v) is 5.78. The van der Waals surface area contributed by atoms with Gasteiger partial charge in [-0.1, -0.05) is 6.92 Å². The summed E-state index contributed by atoms with van der Waals surface area (Å²) in [7, 11) is 0. The van der Waals surface area contributed by atoms with E-state index in [1.807, 2.05) is 27.7 Å². The average Bonchev–Trinajstić information content (AvgIpc) is 2.00. The van der Waals surface area contributed by atoms with E-state index < -0.39 is 0 Å². The number of halogens is 1. The van der Waals surface area contributed by atoms with Gasteiger partial charge in [0.15, 0.2) is 0 Å². The van der Waals surface area contributed by atoms with E-state index in [0.717, 1.165) is 0 Å². The van der Waals surface area contributed by atoms with Gasteiger partial charge in [-0.05, 0) is 38.3 Å². The van der Waals surface area contributed by atoms with E-state index >= 15 is 0 Å². The van der Waals surface area contributed by atoms with E-state index in [4.69, 9.17) is 11.6 Å². The Morgan fingerprint density at radius 2 is 2.00 bits per heavy atom. The maximum absolute atomic E-state index is 10.7. The molecule has 0 radical (unpaired) electrons. The summed E-state index contributed by atoms with van der Waals surface area (Å²) < 4.78 is 0. The van der Waals surface area contributed by atoms with Crippen molar-refractivity contribution in [3.63, 3.8) is 0 Å². The molecule has 0 aliphatic carbocycles. The molecule has 0 bridgehead atoms. The summed E-state index contributed by atoms with van der Waals surface area (Å²) in [6.07, 6.45) is 0.275. The van der Waals surface area contributed by atoms with Crippen LogP contribution in [0.2, 0.25) is 0 Å². The second kappa shape index (κ2) is 6.48. The minimum Gasteiger partial charge on any atom is -0.281 e. The molecular weight excluding hydrogens is 232 g/mol. The van der Waals surface area contributed by atoms with E-state index in [9.17, 15) is 4.79 Å². The van der Waals surface area contributed by atoms with Crippen LogP contribution < -0.4 is 0 Å². The van der Waals surface area contributed by atoms with Crippen LogP contribution >= 0.6 is 24.2 Å². The van der Waals surface area contributed by atoms with Crippen molar-refractivity contribution in [2.75, 3.05) is 6.54 Å². The Balaban J connectivity index is 3.98. The highest BCUT2D eigenvalue weighted by Gasteiger charge is 2.16. The van der Waals surface area contributed by atoms with Crippen molar-refractivity contribution in [3.05, 3.63) is 0 Å². The van der Waals surface area contributed by atoms with Crippen LogP contribution in [0.1, 0.15) is 34.1 Å². The molecule has 5 heteroatoms. The monoisotopic (exact) mass is 250 g/mol. The van der Waals surface area contributed by atoms with Gasteiger partial charge in [0.2, 0.25) is 5.24 Å². The van der Waals surface area contributed by atoms with Crippen LogP contribution in [0.15, 0.2) is 10.2 Å². The predicted octanol–water partition coefficient (Wildman–Crippen LogP) is 3.33. The van der Waals surface area contributed by atoms with Gasteiger partial charge in [0.1, 0.15) is 0 Å². The van der Waals surface area contributed by atoms with E-state index in [-0.39, 0.29) is 28.4 Å². The number of rotatable bonds is 5. The summed E-state index contributed by atoms with van der Waals surface area (Å²) in [5, 5.41) is 7.82. The summed E-state index contributed by atoms with van der Waals surface area (Å²) in [4.78, 5) is 10.7. The Morgan fingerprint density at radius 1 is 1.47 bits per heavy atom. The number of thiol groups is 1. The molecule has 3 nitrogen and oxygen atoms in total. The van der Waals surface area contributed by atoms with Crippen molar-refractivity contribution in [1.82, 2.24) is 0 Å². The van der Waals surface area contributed by atoms with Crippen LogP contribution in [0.4, 0.5) is 0 Å². The Labute approximate surface area is 102 Å². The molecule has 0 amide bonds. The molecule has 0 rings (SSSR count). The first-order chi connectivity index (χ1) is 6.72. The van der Waals surface area contributed by atoms with Crippen molar-refractivity contribution < 1.29 is 4.79 Å². The quantitative estimate of drug-likeness (QED) is 0.454. The number of azo groups is 1. The molecule has 0 N–H and O–H groups in total. The molecule has 0 heterocycles. The summed E-state index contributed by atoms with van der Waals surface area (Å²) in [5.74, 6) is 0.196. The molecule has 0 fully saturated rings. The lowest BCUT2D eigenvalue weighted by molar-refractivity contribution is -0.111. The average molecular weight is 251 g/mol. The SMILES string of the molecule is C[C@@H](CN=NC(C)(C)C)C(S)CC(=O)Cl. The van der Waals surface area contributed by atoms with Gasteiger partial charge in [-0.25, -0.2) is 0 Å². The fourth-order valence-electron chi connectivity index (χ4n) is 0.869. The molecule has 0 aromatic rings. The smallest absolute Gasteiger partial charge is 0.222 e. The molecule has 15 heavy (non-hydrogen) atoms. The van der Waals surface area contributed by atoms with Gasteiger partial charge >= 0.3 is 0 Å². The van der Waals surface area contributed by atoms with Gasteiger partial charge in [-0.3, -0.25) is 4.79 Å².